The van der Waals surface area contributed by atoms with Crippen molar-refractivity contribution in [1.29, 1.82) is 0 Å². The average Bonchev–Trinajstić information content (AvgIpc) is 3.26. The highest BCUT2D eigenvalue weighted by molar-refractivity contribution is 5.91. The Balaban J connectivity index is 1.43. The molecule has 0 radical (unpaired) electrons. The molecule has 2 aromatic rings. The molecule has 1 saturated carbocycles. The first-order chi connectivity index (χ1) is 12.2. The third kappa shape index (κ3) is 3.44. The van der Waals surface area contributed by atoms with Gasteiger partial charge in [0.25, 0.3) is 0 Å². The van der Waals surface area contributed by atoms with Crippen LogP contribution >= 0.6 is 0 Å². The number of rotatable bonds is 4. The quantitative estimate of drug-likeness (QED) is 0.930. The molecule has 0 saturated heterocycles. The third-order valence-electron chi connectivity index (χ3n) is 5.41. The smallest absolute Gasteiger partial charge is 0.230 e. The van der Waals surface area contributed by atoms with E-state index in [0.717, 1.165) is 30.3 Å². The van der Waals surface area contributed by atoms with Gasteiger partial charge in [0.1, 0.15) is 5.82 Å². The molecule has 25 heavy (non-hydrogen) atoms. The SMILES string of the molecule is CC1c2nc(CC(=O)Nc3cccnc3)cn2CCN1C1CCCC1. The van der Waals surface area contributed by atoms with Crippen LogP contribution in [0.5, 0.6) is 0 Å². The Morgan fingerprint density at radius 1 is 1.32 bits per heavy atom. The molecule has 2 aliphatic rings. The molecular weight excluding hydrogens is 314 g/mol. The molecule has 1 unspecified atom stereocenters. The van der Waals surface area contributed by atoms with Gasteiger partial charge in [-0.15, -0.1) is 0 Å². The lowest BCUT2D eigenvalue weighted by molar-refractivity contribution is -0.115. The Morgan fingerprint density at radius 2 is 2.16 bits per heavy atom. The highest BCUT2D eigenvalue weighted by Gasteiger charge is 2.32. The van der Waals surface area contributed by atoms with E-state index in [9.17, 15) is 4.79 Å². The van der Waals surface area contributed by atoms with Crippen LogP contribution in [0.25, 0.3) is 0 Å². The fraction of sp³-hybridized carbons (Fsp3) is 0.526. The molecule has 0 spiro atoms. The Hall–Kier alpha value is -2.21. The van der Waals surface area contributed by atoms with Crippen molar-refractivity contribution < 1.29 is 4.79 Å². The first kappa shape index (κ1) is 16.3. The summed E-state index contributed by atoms with van der Waals surface area (Å²) in [6.07, 6.45) is 11.0. The van der Waals surface area contributed by atoms with E-state index in [-0.39, 0.29) is 5.91 Å². The summed E-state index contributed by atoms with van der Waals surface area (Å²) in [4.78, 5) is 23.7. The van der Waals surface area contributed by atoms with Gasteiger partial charge in [0.05, 0.1) is 30.0 Å². The van der Waals surface area contributed by atoms with Gasteiger partial charge in [-0.3, -0.25) is 14.7 Å². The van der Waals surface area contributed by atoms with Crippen molar-refractivity contribution in [1.82, 2.24) is 19.4 Å². The minimum atomic E-state index is -0.0521. The van der Waals surface area contributed by atoms with Crippen LogP contribution in [-0.2, 0) is 17.8 Å². The number of hydrogen-bond donors (Lipinski definition) is 1. The van der Waals surface area contributed by atoms with Crippen molar-refractivity contribution in [2.24, 2.45) is 0 Å². The van der Waals surface area contributed by atoms with Gasteiger partial charge >= 0.3 is 0 Å². The lowest BCUT2D eigenvalue weighted by Gasteiger charge is -2.38. The second kappa shape index (κ2) is 6.96. The molecule has 1 amide bonds. The molecule has 6 heteroatoms. The number of amides is 1. The van der Waals surface area contributed by atoms with Crippen LogP contribution in [0.1, 0.15) is 50.2 Å². The lowest BCUT2D eigenvalue weighted by Crippen LogP contribution is -2.42. The lowest BCUT2D eigenvalue weighted by atomic mass is 10.1. The number of nitrogens with zero attached hydrogens (tertiary/aromatic N) is 4. The number of imidazole rings is 1. The molecule has 0 bridgehead atoms. The number of fused-ring (bicyclic) bond motifs is 1. The maximum atomic E-state index is 12.3. The zero-order chi connectivity index (χ0) is 17.2. The van der Waals surface area contributed by atoms with Crippen molar-refractivity contribution in [2.75, 3.05) is 11.9 Å². The second-order valence-electron chi connectivity index (χ2n) is 7.10. The zero-order valence-electron chi connectivity index (χ0n) is 14.7. The zero-order valence-corrected chi connectivity index (χ0v) is 14.7. The van der Waals surface area contributed by atoms with E-state index in [1.807, 2.05) is 18.3 Å². The van der Waals surface area contributed by atoms with E-state index in [1.54, 1.807) is 12.4 Å². The van der Waals surface area contributed by atoms with Crippen LogP contribution in [0.3, 0.4) is 0 Å². The summed E-state index contributed by atoms with van der Waals surface area (Å²) in [5.41, 5.74) is 1.56. The van der Waals surface area contributed by atoms with Crippen molar-refractivity contribution >= 4 is 11.6 Å². The molecule has 132 valence electrons. The Bertz CT molecular complexity index is 736. The molecule has 0 aromatic carbocycles. The largest absolute Gasteiger partial charge is 0.332 e. The van der Waals surface area contributed by atoms with Crippen LogP contribution in [0.15, 0.2) is 30.7 Å². The highest BCUT2D eigenvalue weighted by atomic mass is 16.1. The fourth-order valence-corrected chi connectivity index (χ4v) is 4.19. The van der Waals surface area contributed by atoms with Crippen LogP contribution in [0, 0.1) is 0 Å². The molecular formula is C19H25N5O. The maximum Gasteiger partial charge on any atom is 0.230 e. The van der Waals surface area contributed by atoms with Crippen LogP contribution in [0.2, 0.25) is 0 Å². The first-order valence-electron chi connectivity index (χ1n) is 9.22. The molecule has 1 N–H and O–H groups in total. The molecule has 3 heterocycles. The van der Waals surface area contributed by atoms with Crippen LogP contribution in [0.4, 0.5) is 5.69 Å². The molecule has 4 rings (SSSR count). The van der Waals surface area contributed by atoms with Gasteiger partial charge in [-0.2, -0.15) is 0 Å². The van der Waals surface area contributed by atoms with Crippen molar-refractivity contribution in [3.8, 4) is 0 Å². The molecule has 1 fully saturated rings. The topological polar surface area (TPSA) is 63.1 Å². The number of nitrogens with one attached hydrogen (secondary N) is 1. The monoisotopic (exact) mass is 339 g/mol. The minimum absolute atomic E-state index is 0.0521. The average molecular weight is 339 g/mol. The summed E-state index contributed by atoms with van der Waals surface area (Å²) in [5, 5.41) is 2.87. The summed E-state index contributed by atoms with van der Waals surface area (Å²) in [5.74, 6) is 1.05. The van der Waals surface area contributed by atoms with Gasteiger partial charge in [0.15, 0.2) is 0 Å². The van der Waals surface area contributed by atoms with E-state index in [0.29, 0.717) is 18.5 Å². The summed E-state index contributed by atoms with van der Waals surface area (Å²) in [6.45, 7) is 4.29. The molecule has 1 aliphatic carbocycles. The van der Waals surface area contributed by atoms with E-state index < -0.39 is 0 Å². The molecule has 6 nitrogen and oxygen atoms in total. The second-order valence-corrected chi connectivity index (χ2v) is 7.10. The number of anilines is 1. The maximum absolute atomic E-state index is 12.3. The van der Waals surface area contributed by atoms with Crippen LogP contribution in [-0.4, -0.2) is 37.9 Å². The van der Waals surface area contributed by atoms with Crippen molar-refractivity contribution in [3.05, 3.63) is 42.2 Å². The predicted octanol–water partition coefficient (Wildman–Crippen LogP) is 2.78. The fourth-order valence-electron chi connectivity index (χ4n) is 4.19. The van der Waals surface area contributed by atoms with Gasteiger partial charge in [-0.05, 0) is 31.9 Å². The van der Waals surface area contributed by atoms with Crippen LogP contribution < -0.4 is 5.32 Å². The van der Waals surface area contributed by atoms with Gasteiger partial charge in [0.2, 0.25) is 5.91 Å². The van der Waals surface area contributed by atoms with Gasteiger partial charge < -0.3 is 9.88 Å². The normalized spacial score (nSPS) is 21.2. The van der Waals surface area contributed by atoms with Gasteiger partial charge in [0, 0.05) is 31.5 Å². The molecule has 2 aromatic heterocycles. The Morgan fingerprint density at radius 3 is 2.92 bits per heavy atom. The molecule has 1 aliphatic heterocycles. The van der Waals surface area contributed by atoms with E-state index in [1.165, 1.54) is 25.7 Å². The molecule has 1 atom stereocenters. The minimum Gasteiger partial charge on any atom is -0.332 e. The predicted molar refractivity (Wildman–Crippen MR) is 96.2 cm³/mol. The van der Waals surface area contributed by atoms with E-state index >= 15 is 0 Å². The first-order valence-corrected chi connectivity index (χ1v) is 9.22. The Labute approximate surface area is 148 Å². The number of carbonyl (C=O) groups excluding carboxylic acids is 1. The van der Waals surface area contributed by atoms with Crippen molar-refractivity contribution in [2.45, 2.75) is 57.7 Å². The van der Waals surface area contributed by atoms with Gasteiger partial charge in [-0.25, -0.2) is 4.98 Å². The summed E-state index contributed by atoms with van der Waals surface area (Å²) in [7, 11) is 0. The summed E-state index contributed by atoms with van der Waals surface area (Å²) >= 11 is 0. The van der Waals surface area contributed by atoms with E-state index in [2.05, 4.69) is 26.7 Å². The number of hydrogen-bond acceptors (Lipinski definition) is 4. The summed E-state index contributed by atoms with van der Waals surface area (Å²) in [6, 6.07) is 4.68. The van der Waals surface area contributed by atoms with E-state index in [4.69, 9.17) is 4.98 Å². The standard InChI is InChI=1S/C19H25N5O/c1-14-19-22-16(11-18(25)21-15-5-4-8-20-12-15)13-23(19)9-10-24(14)17-6-2-3-7-17/h4-5,8,12-14,17H,2-3,6-7,9-11H2,1H3,(H,21,25). The summed E-state index contributed by atoms with van der Waals surface area (Å²) < 4.78 is 2.23. The Kier molecular flexibility index (Phi) is 4.53. The van der Waals surface area contributed by atoms with Crippen molar-refractivity contribution in [3.63, 3.8) is 0 Å². The third-order valence-corrected chi connectivity index (χ3v) is 5.41. The number of aromatic nitrogens is 3. The highest BCUT2D eigenvalue weighted by Crippen LogP contribution is 2.33. The number of pyridine rings is 1. The number of carbonyl (C=O) groups is 1. The van der Waals surface area contributed by atoms with Gasteiger partial charge in [-0.1, -0.05) is 12.8 Å².